The highest BCUT2D eigenvalue weighted by Crippen LogP contribution is 2.20. The average molecular weight is 306 g/mol. The molecule has 0 aliphatic heterocycles. The van der Waals surface area contributed by atoms with Crippen LogP contribution < -0.4 is 10.5 Å². The zero-order valence-electron chi connectivity index (χ0n) is 10.9. The van der Waals surface area contributed by atoms with Gasteiger partial charge in [-0.1, -0.05) is 12.2 Å². The first-order chi connectivity index (χ1) is 9.24. The Morgan fingerprint density at radius 1 is 1.40 bits per heavy atom. The highest BCUT2D eigenvalue weighted by Gasteiger charge is 2.20. The van der Waals surface area contributed by atoms with Gasteiger partial charge in [0.05, 0.1) is 18.9 Å². The Morgan fingerprint density at radius 2 is 2.05 bits per heavy atom. The van der Waals surface area contributed by atoms with Gasteiger partial charge in [-0.3, -0.25) is 0 Å². The summed E-state index contributed by atoms with van der Waals surface area (Å²) in [6.07, 6.45) is 0. The van der Waals surface area contributed by atoms with Gasteiger partial charge < -0.3 is 10.5 Å². The normalized spacial score (nSPS) is 11.6. The number of rotatable bonds is 7. The summed E-state index contributed by atoms with van der Waals surface area (Å²) in [5, 5.41) is 0. The van der Waals surface area contributed by atoms with Gasteiger partial charge in [0.2, 0.25) is 10.0 Å². The van der Waals surface area contributed by atoms with Crippen LogP contribution in [0.15, 0.2) is 29.2 Å². The Balaban J connectivity index is 2.70. The molecule has 0 bridgehead atoms. The third-order valence-electron chi connectivity index (χ3n) is 2.23. The molecule has 0 saturated heterocycles. The van der Waals surface area contributed by atoms with Crippen molar-refractivity contribution in [1.82, 2.24) is 4.72 Å². The van der Waals surface area contributed by atoms with Gasteiger partial charge in [0.25, 0.3) is 0 Å². The number of hydrogen-bond acceptors (Lipinski definition) is 4. The lowest BCUT2D eigenvalue weighted by atomic mass is 10.3. The second-order valence-electron chi connectivity index (χ2n) is 4.21. The fourth-order valence-corrected chi connectivity index (χ4v) is 2.43. The third-order valence-corrected chi connectivity index (χ3v) is 3.70. The number of nitrogen functional groups attached to an aromatic ring is 1. The lowest BCUT2D eigenvalue weighted by Crippen LogP contribution is -2.28. The van der Waals surface area contributed by atoms with E-state index < -0.39 is 32.2 Å². The van der Waals surface area contributed by atoms with E-state index in [0.717, 1.165) is 11.6 Å². The molecule has 0 heterocycles. The summed E-state index contributed by atoms with van der Waals surface area (Å²) in [6, 6.07) is 1.17. The second kappa shape index (κ2) is 6.78. The van der Waals surface area contributed by atoms with E-state index in [4.69, 9.17) is 10.5 Å². The highest BCUT2D eigenvalue weighted by molar-refractivity contribution is 7.89. The topological polar surface area (TPSA) is 81.4 Å². The van der Waals surface area contributed by atoms with Crippen molar-refractivity contribution >= 4 is 15.7 Å². The quantitative estimate of drug-likeness (QED) is 0.453. The van der Waals surface area contributed by atoms with E-state index >= 15 is 0 Å². The van der Waals surface area contributed by atoms with E-state index in [9.17, 15) is 17.2 Å². The molecular formula is C12H16F2N2O3S. The minimum Gasteiger partial charge on any atom is -0.396 e. The van der Waals surface area contributed by atoms with Crippen LogP contribution in [0.1, 0.15) is 6.92 Å². The van der Waals surface area contributed by atoms with Crippen LogP contribution in [-0.4, -0.2) is 28.2 Å². The summed E-state index contributed by atoms with van der Waals surface area (Å²) >= 11 is 0. The van der Waals surface area contributed by atoms with Gasteiger partial charge in [-0.25, -0.2) is 21.9 Å². The second-order valence-corrected chi connectivity index (χ2v) is 5.95. The van der Waals surface area contributed by atoms with Gasteiger partial charge in [-0.15, -0.1) is 0 Å². The van der Waals surface area contributed by atoms with E-state index in [2.05, 4.69) is 11.3 Å². The van der Waals surface area contributed by atoms with E-state index in [1.54, 1.807) is 6.92 Å². The first-order valence-electron chi connectivity index (χ1n) is 5.70. The van der Waals surface area contributed by atoms with Crippen molar-refractivity contribution in [2.24, 2.45) is 0 Å². The standard InChI is InChI=1S/C12H16F2N2O3S/c1-8(2)7-19-4-3-16-20(17,18)12-6-11(15)9(13)5-10(12)14/h5-6,16H,1,3-4,7,15H2,2H3. The monoisotopic (exact) mass is 306 g/mol. The maximum atomic E-state index is 13.4. The smallest absolute Gasteiger partial charge is 0.243 e. The number of halogens is 2. The number of hydrogen-bond donors (Lipinski definition) is 2. The molecule has 1 aromatic carbocycles. The first kappa shape index (κ1) is 16.5. The number of benzene rings is 1. The van der Waals surface area contributed by atoms with Crippen LogP contribution in [-0.2, 0) is 14.8 Å². The molecule has 0 spiro atoms. The largest absolute Gasteiger partial charge is 0.396 e. The minimum atomic E-state index is -4.11. The fourth-order valence-electron chi connectivity index (χ4n) is 1.32. The van der Waals surface area contributed by atoms with Gasteiger partial charge in [0.1, 0.15) is 16.5 Å². The van der Waals surface area contributed by atoms with Gasteiger partial charge in [0, 0.05) is 12.6 Å². The van der Waals surface area contributed by atoms with E-state index in [1.165, 1.54) is 0 Å². The highest BCUT2D eigenvalue weighted by atomic mass is 32.2. The van der Waals surface area contributed by atoms with Crippen LogP contribution in [0.3, 0.4) is 0 Å². The van der Waals surface area contributed by atoms with Crippen LogP contribution in [0.25, 0.3) is 0 Å². The van der Waals surface area contributed by atoms with Crippen molar-refractivity contribution in [3.8, 4) is 0 Å². The molecule has 1 aromatic rings. The predicted molar refractivity (Wildman–Crippen MR) is 71.6 cm³/mol. The molecule has 1 rings (SSSR count). The summed E-state index contributed by atoms with van der Waals surface area (Å²) in [7, 11) is -4.11. The predicted octanol–water partition coefficient (Wildman–Crippen LogP) is 1.42. The molecular weight excluding hydrogens is 290 g/mol. The molecule has 5 nitrogen and oxygen atoms in total. The zero-order valence-corrected chi connectivity index (χ0v) is 11.8. The molecule has 112 valence electrons. The fraction of sp³-hybridized carbons (Fsp3) is 0.333. The van der Waals surface area contributed by atoms with Crippen LogP contribution in [0.2, 0.25) is 0 Å². The van der Waals surface area contributed by atoms with Crippen molar-refractivity contribution in [3.63, 3.8) is 0 Å². The first-order valence-corrected chi connectivity index (χ1v) is 7.18. The van der Waals surface area contributed by atoms with Crippen LogP contribution >= 0.6 is 0 Å². The van der Waals surface area contributed by atoms with Gasteiger partial charge >= 0.3 is 0 Å². The molecule has 3 N–H and O–H groups in total. The van der Waals surface area contributed by atoms with Crippen molar-refractivity contribution in [2.75, 3.05) is 25.5 Å². The van der Waals surface area contributed by atoms with Gasteiger partial charge in [0.15, 0.2) is 0 Å². The van der Waals surface area contributed by atoms with Crippen molar-refractivity contribution in [2.45, 2.75) is 11.8 Å². The molecule has 0 amide bonds. The summed E-state index contributed by atoms with van der Waals surface area (Å²) < 4.78 is 57.3. The third kappa shape index (κ3) is 4.55. The summed E-state index contributed by atoms with van der Waals surface area (Å²) in [5.74, 6) is -2.21. The van der Waals surface area contributed by atoms with Crippen LogP contribution in [0.4, 0.5) is 14.5 Å². The van der Waals surface area contributed by atoms with Crippen molar-refractivity contribution in [1.29, 1.82) is 0 Å². The van der Waals surface area contributed by atoms with Crippen molar-refractivity contribution < 1.29 is 21.9 Å². The lowest BCUT2D eigenvalue weighted by Gasteiger charge is -2.09. The van der Waals surface area contributed by atoms with Gasteiger partial charge in [-0.05, 0) is 13.0 Å². The SMILES string of the molecule is C=C(C)COCCNS(=O)(=O)c1cc(N)c(F)cc1F. The molecule has 8 heteroatoms. The molecule has 0 aliphatic carbocycles. The summed E-state index contributed by atoms with van der Waals surface area (Å²) in [6.45, 7) is 5.74. The molecule has 20 heavy (non-hydrogen) atoms. The van der Waals surface area contributed by atoms with Crippen molar-refractivity contribution in [3.05, 3.63) is 35.9 Å². The molecule has 0 atom stereocenters. The Labute approximate surface area is 116 Å². The van der Waals surface area contributed by atoms with E-state index in [0.29, 0.717) is 12.7 Å². The lowest BCUT2D eigenvalue weighted by molar-refractivity contribution is 0.162. The van der Waals surface area contributed by atoms with E-state index in [1.807, 2.05) is 0 Å². The Morgan fingerprint density at radius 3 is 2.65 bits per heavy atom. The number of ether oxygens (including phenoxy) is 1. The van der Waals surface area contributed by atoms with Crippen LogP contribution in [0.5, 0.6) is 0 Å². The number of sulfonamides is 1. The van der Waals surface area contributed by atoms with Crippen LogP contribution in [0, 0.1) is 11.6 Å². The van der Waals surface area contributed by atoms with E-state index in [-0.39, 0.29) is 13.2 Å². The molecule has 0 aromatic heterocycles. The number of nitrogens with one attached hydrogen (secondary N) is 1. The Kier molecular flexibility index (Phi) is 5.61. The zero-order chi connectivity index (χ0) is 15.3. The average Bonchev–Trinajstić information content (AvgIpc) is 2.32. The molecule has 0 aliphatic rings. The summed E-state index contributed by atoms with van der Waals surface area (Å²) in [5.41, 5.74) is 5.58. The molecule has 0 saturated carbocycles. The van der Waals surface area contributed by atoms with Gasteiger partial charge in [-0.2, -0.15) is 0 Å². The Hall–Kier alpha value is -1.51. The minimum absolute atomic E-state index is 0.0493. The molecule has 0 radical (unpaired) electrons. The maximum absolute atomic E-state index is 13.4. The Bertz CT molecular complexity index is 603. The molecule has 0 fully saturated rings. The number of anilines is 1. The maximum Gasteiger partial charge on any atom is 0.243 e. The number of nitrogens with two attached hydrogens (primary N) is 1. The molecule has 0 unspecified atom stereocenters. The summed E-state index contributed by atoms with van der Waals surface area (Å²) in [4.78, 5) is -0.698.